The van der Waals surface area contributed by atoms with E-state index in [2.05, 4.69) is 0 Å². The van der Waals surface area contributed by atoms with Gasteiger partial charge in [0.1, 0.15) is 11.7 Å². The maximum atomic E-state index is 14.1. The van der Waals surface area contributed by atoms with Crippen molar-refractivity contribution in [3.05, 3.63) is 59.7 Å². The molecule has 0 bridgehead atoms. The summed E-state index contributed by atoms with van der Waals surface area (Å²) in [4.78, 5) is 69.0. The van der Waals surface area contributed by atoms with Gasteiger partial charge in [0.15, 0.2) is 5.78 Å². The van der Waals surface area contributed by atoms with Crippen LogP contribution in [0, 0.1) is 11.3 Å². The van der Waals surface area contributed by atoms with Gasteiger partial charge in [-0.2, -0.15) is 0 Å². The molecule has 8 nitrogen and oxygen atoms in total. The van der Waals surface area contributed by atoms with Crippen LogP contribution in [-0.4, -0.2) is 47.0 Å². The molecule has 0 radical (unpaired) electrons. The van der Waals surface area contributed by atoms with E-state index in [4.69, 9.17) is 0 Å². The number of carbonyl (C=O) groups is 5. The molecule has 2 aliphatic rings. The quantitative estimate of drug-likeness (QED) is 0.488. The molecule has 0 unspecified atom stereocenters. The summed E-state index contributed by atoms with van der Waals surface area (Å²) in [6.45, 7) is 5.16. The van der Waals surface area contributed by atoms with Crippen LogP contribution in [0.1, 0.15) is 75.2 Å². The van der Waals surface area contributed by atoms with Crippen LogP contribution in [0.3, 0.4) is 0 Å². The summed E-state index contributed by atoms with van der Waals surface area (Å²) in [6.07, 6.45) is 4.21. The maximum Gasteiger partial charge on any atom is 0.335 e. The van der Waals surface area contributed by atoms with Gasteiger partial charge in [0.25, 0.3) is 0 Å². The standard InChI is InChI=1S/C31H36N2O6/c1-31(2,3)27(35)19-32-25-14-7-8-15-26(25)33(22-12-5-4-6-13-22)29(37)24(28(32)36)18-23(34)17-20-10-9-11-21(16-20)30(38)39/h7-11,14-16,22,24H,4-6,12-13,17-19H2,1-3H3,(H,38,39)/t24-/m0/s1. The third-order valence-corrected chi connectivity index (χ3v) is 7.62. The lowest BCUT2D eigenvalue weighted by molar-refractivity contribution is -0.136. The molecule has 2 amide bonds. The average molecular weight is 533 g/mol. The second-order valence-electron chi connectivity index (χ2n) is 11.6. The van der Waals surface area contributed by atoms with Gasteiger partial charge in [-0.15, -0.1) is 0 Å². The molecule has 39 heavy (non-hydrogen) atoms. The zero-order chi connectivity index (χ0) is 28.3. The Labute approximate surface area is 229 Å². The summed E-state index contributed by atoms with van der Waals surface area (Å²) in [5, 5.41) is 9.29. The van der Waals surface area contributed by atoms with Crippen LogP contribution in [0.15, 0.2) is 48.5 Å². The van der Waals surface area contributed by atoms with Crippen LogP contribution in [0.4, 0.5) is 11.4 Å². The number of carboxylic acids is 1. The predicted molar refractivity (Wildman–Crippen MR) is 148 cm³/mol. The van der Waals surface area contributed by atoms with Gasteiger partial charge in [-0.3, -0.25) is 19.2 Å². The Hall–Kier alpha value is -3.81. The minimum Gasteiger partial charge on any atom is -0.478 e. The van der Waals surface area contributed by atoms with E-state index in [1.165, 1.54) is 17.0 Å². The van der Waals surface area contributed by atoms with E-state index < -0.39 is 29.1 Å². The lowest BCUT2D eigenvalue weighted by Gasteiger charge is -2.35. The average Bonchev–Trinajstić information content (AvgIpc) is 2.98. The summed E-state index contributed by atoms with van der Waals surface area (Å²) in [6, 6.07) is 13.2. The monoisotopic (exact) mass is 532 g/mol. The van der Waals surface area contributed by atoms with Gasteiger partial charge in [0.2, 0.25) is 11.8 Å². The minimum atomic E-state index is -1.28. The van der Waals surface area contributed by atoms with E-state index in [9.17, 15) is 29.1 Å². The second kappa shape index (κ2) is 11.5. The highest BCUT2D eigenvalue weighted by Gasteiger charge is 2.44. The number of hydrogen-bond donors (Lipinski definition) is 1. The number of carbonyl (C=O) groups excluding carboxylic acids is 4. The normalized spacial score (nSPS) is 18.5. The fraction of sp³-hybridized carbons (Fsp3) is 0.452. The van der Waals surface area contributed by atoms with Crippen molar-refractivity contribution in [1.82, 2.24) is 0 Å². The fourth-order valence-electron chi connectivity index (χ4n) is 5.37. The molecule has 1 heterocycles. The summed E-state index contributed by atoms with van der Waals surface area (Å²) in [5.41, 5.74) is 0.958. The summed E-state index contributed by atoms with van der Waals surface area (Å²) < 4.78 is 0. The Kier molecular flexibility index (Phi) is 8.33. The molecule has 1 N–H and O–H groups in total. The molecule has 0 saturated heterocycles. The Balaban J connectivity index is 1.71. The van der Waals surface area contributed by atoms with Crippen LogP contribution in [-0.2, 0) is 25.6 Å². The molecule has 1 aliphatic heterocycles. The molecule has 0 spiro atoms. The fourth-order valence-corrected chi connectivity index (χ4v) is 5.37. The molecule has 2 aromatic carbocycles. The van der Waals surface area contributed by atoms with Gasteiger partial charge in [-0.25, -0.2) is 4.79 Å². The molecule has 1 fully saturated rings. The number of Topliss-reactive ketones (excluding diaryl/α,β-unsaturated/α-hetero) is 2. The van der Waals surface area contributed by atoms with Gasteiger partial charge in [0, 0.05) is 24.3 Å². The number of benzene rings is 2. The van der Waals surface area contributed by atoms with Crippen LogP contribution in [0.25, 0.3) is 0 Å². The van der Waals surface area contributed by atoms with Crippen molar-refractivity contribution >= 4 is 40.7 Å². The Morgan fingerprint density at radius 1 is 0.897 bits per heavy atom. The third-order valence-electron chi connectivity index (χ3n) is 7.62. The van der Waals surface area contributed by atoms with E-state index >= 15 is 0 Å². The summed E-state index contributed by atoms with van der Waals surface area (Å²) in [7, 11) is 0. The van der Waals surface area contributed by atoms with Crippen molar-refractivity contribution in [2.45, 2.75) is 71.8 Å². The van der Waals surface area contributed by atoms with Gasteiger partial charge in [-0.1, -0.05) is 64.3 Å². The zero-order valence-electron chi connectivity index (χ0n) is 22.8. The molecule has 206 valence electrons. The Morgan fingerprint density at radius 3 is 2.21 bits per heavy atom. The molecule has 4 rings (SSSR count). The minimum absolute atomic E-state index is 0.0627. The molecule has 8 heteroatoms. The second-order valence-corrected chi connectivity index (χ2v) is 11.6. The third kappa shape index (κ3) is 6.27. The van der Waals surface area contributed by atoms with Crippen LogP contribution >= 0.6 is 0 Å². The van der Waals surface area contributed by atoms with E-state index in [1.807, 2.05) is 12.1 Å². The Morgan fingerprint density at radius 2 is 1.56 bits per heavy atom. The molecule has 2 aromatic rings. The number of para-hydroxylation sites is 2. The van der Waals surface area contributed by atoms with Crippen molar-refractivity contribution in [3.63, 3.8) is 0 Å². The summed E-state index contributed by atoms with van der Waals surface area (Å²) >= 11 is 0. The van der Waals surface area contributed by atoms with E-state index in [-0.39, 0.29) is 42.6 Å². The van der Waals surface area contributed by atoms with Crippen LogP contribution in [0.2, 0.25) is 0 Å². The van der Waals surface area contributed by atoms with Crippen molar-refractivity contribution in [2.75, 3.05) is 16.3 Å². The first-order valence-corrected chi connectivity index (χ1v) is 13.6. The molecule has 1 saturated carbocycles. The Bertz CT molecular complexity index is 1290. The number of carboxylic acid groups (broad SMARTS) is 1. The van der Waals surface area contributed by atoms with Gasteiger partial charge in [0.05, 0.1) is 23.5 Å². The molecular formula is C31H36N2O6. The topological polar surface area (TPSA) is 112 Å². The van der Waals surface area contributed by atoms with E-state index in [1.54, 1.807) is 49.9 Å². The highest BCUT2D eigenvalue weighted by atomic mass is 16.4. The first-order chi connectivity index (χ1) is 18.5. The number of aromatic carboxylic acids is 1. The van der Waals surface area contributed by atoms with Crippen molar-refractivity contribution in [3.8, 4) is 0 Å². The van der Waals surface area contributed by atoms with Crippen LogP contribution < -0.4 is 9.80 Å². The lowest BCUT2D eigenvalue weighted by Crippen LogP contribution is -2.48. The largest absolute Gasteiger partial charge is 0.478 e. The van der Waals surface area contributed by atoms with Crippen molar-refractivity contribution in [2.24, 2.45) is 11.3 Å². The number of rotatable bonds is 8. The van der Waals surface area contributed by atoms with Gasteiger partial charge >= 0.3 is 5.97 Å². The molecule has 0 aromatic heterocycles. The number of amides is 2. The number of fused-ring (bicyclic) bond motifs is 1. The zero-order valence-corrected chi connectivity index (χ0v) is 22.8. The lowest BCUT2D eigenvalue weighted by atomic mass is 9.89. The SMILES string of the molecule is CC(C)(C)C(=O)CN1C(=O)[C@H](CC(=O)Cc2cccc(C(=O)O)c2)C(=O)N(C2CCCCC2)c2ccccc21. The van der Waals surface area contributed by atoms with E-state index in [0.29, 0.717) is 16.9 Å². The van der Waals surface area contributed by atoms with Gasteiger partial charge < -0.3 is 14.9 Å². The molecular weight excluding hydrogens is 496 g/mol. The smallest absolute Gasteiger partial charge is 0.335 e. The predicted octanol–water partition coefficient (Wildman–Crippen LogP) is 4.83. The van der Waals surface area contributed by atoms with Crippen molar-refractivity contribution in [1.29, 1.82) is 0 Å². The first kappa shape index (κ1) is 28.2. The number of hydrogen-bond acceptors (Lipinski definition) is 5. The highest BCUT2D eigenvalue weighted by Crippen LogP contribution is 2.40. The number of nitrogens with zero attached hydrogens (tertiary/aromatic N) is 2. The summed E-state index contributed by atoms with van der Waals surface area (Å²) in [5.74, 6) is -3.85. The van der Waals surface area contributed by atoms with Crippen molar-refractivity contribution < 1.29 is 29.1 Å². The molecule has 1 aliphatic carbocycles. The number of ketones is 2. The highest BCUT2D eigenvalue weighted by molar-refractivity contribution is 6.20. The van der Waals surface area contributed by atoms with E-state index in [0.717, 1.165) is 32.1 Å². The first-order valence-electron chi connectivity index (χ1n) is 13.6. The number of anilines is 2. The van der Waals surface area contributed by atoms with Crippen LogP contribution in [0.5, 0.6) is 0 Å². The van der Waals surface area contributed by atoms with Gasteiger partial charge in [-0.05, 0) is 42.7 Å². The molecule has 1 atom stereocenters. The maximum absolute atomic E-state index is 14.1.